The number of rotatable bonds is 9. The molecule has 1 aromatic rings. The lowest BCUT2D eigenvalue weighted by Crippen LogP contribution is -2.46. The minimum absolute atomic E-state index is 0.635. The van der Waals surface area contributed by atoms with E-state index in [4.69, 9.17) is 13.3 Å². The summed E-state index contributed by atoms with van der Waals surface area (Å²) >= 11 is 4.72. The number of hydrogen-bond donors (Lipinski definition) is 0. The van der Waals surface area contributed by atoms with Crippen molar-refractivity contribution in [2.45, 2.75) is 33.2 Å². The first-order valence-corrected chi connectivity index (χ1v) is 11.0. The van der Waals surface area contributed by atoms with Gasteiger partial charge in [0.1, 0.15) is 0 Å². The number of halogens is 2. The average Bonchev–Trinajstić information content (AvgIpc) is 2.41. The fraction of sp³-hybridized carbons (Fsp3) is 0.571. The quantitative estimate of drug-likeness (QED) is 0.355. The van der Waals surface area contributed by atoms with Gasteiger partial charge in [-0.05, 0) is 90.1 Å². The third-order valence-electron chi connectivity index (χ3n) is 2.80. The Morgan fingerprint density at radius 3 is 1.90 bits per heavy atom. The molecule has 0 aliphatic carbocycles. The standard InChI is InChI=1S/C14H22I2O3Si/c1-4-17-20(18-5-2,19-6-3)10-9-12-7-8-13(15)14(16)11-12/h7-8,11H,4-6,9-10H2,1-3H3. The Kier molecular flexibility index (Phi) is 9.15. The molecular formula is C14H22I2O3Si. The van der Waals surface area contributed by atoms with Crippen LogP contribution in [-0.2, 0) is 19.7 Å². The smallest absolute Gasteiger partial charge is 0.374 e. The second kappa shape index (κ2) is 9.72. The van der Waals surface area contributed by atoms with Gasteiger partial charge >= 0.3 is 8.80 Å². The molecule has 0 N–H and O–H groups in total. The zero-order valence-electron chi connectivity index (χ0n) is 12.2. The maximum atomic E-state index is 5.88. The van der Waals surface area contributed by atoms with Crippen LogP contribution in [0.2, 0.25) is 6.04 Å². The van der Waals surface area contributed by atoms with Gasteiger partial charge in [-0.25, -0.2) is 0 Å². The highest BCUT2D eigenvalue weighted by Gasteiger charge is 2.39. The highest BCUT2D eigenvalue weighted by Crippen LogP contribution is 2.22. The van der Waals surface area contributed by atoms with E-state index in [0.29, 0.717) is 19.8 Å². The molecular weight excluding hydrogens is 498 g/mol. The Morgan fingerprint density at radius 2 is 1.45 bits per heavy atom. The van der Waals surface area contributed by atoms with Crippen LogP contribution in [0.4, 0.5) is 0 Å². The summed E-state index contributed by atoms with van der Waals surface area (Å²) in [5.74, 6) is 0. The van der Waals surface area contributed by atoms with Gasteiger partial charge < -0.3 is 13.3 Å². The van der Waals surface area contributed by atoms with Gasteiger partial charge in [0.25, 0.3) is 0 Å². The van der Waals surface area contributed by atoms with Crippen molar-refractivity contribution < 1.29 is 13.3 Å². The van der Waals surface area contributed by atoms with Crippen LogP contribution in [0.3, 0.4) is 0 Å². The van der Waals surface area contributed by atoms with Crippen LogP contribution < -0.4 is 0 Å². The molecule has 0 radical (unpaired) electrons. The topological polar surface area (TPSA) is 27.7 Å². The van der Waals surface area contributed by atoms with Gasteiger partial charge in [0.2, 0.25) is 0 Å². The lowest BCUT2D eigenvalue weighted by Gasteiger charge is -2.28. The van der Waals surface area contributed by atoms with Crippen molar-refractivity contribution >= 4 is 54.0 Å². The first kappa shape index (κ1) is 18.8. The maximum Gasteiger partial charge on any atom is 0.501 e. The van der Waals surface area contributed by atoms with Crippen molar-refractivity contribution in [2.75, 3.05) is 19.8 Å². The van der Waals surface area contributed by atoms with Crippen molar-refractivity contribution in [3.8, 4) is 0 Å². The van der Waals surface area contributed by atoms with Crippen molar-refractivity contribution in [3.05, 3.63) is 30.9 Å². The van der Waals surface area contributed by atoms with Crippen molar-refractivity contribution in [3.63, 3.8) is 0 Å². The number of benzene rings is 1. The van der Waals surface area contributed by atoms with E-state index >= 15 is 0 Å². The molecule has 3 nitrogen and oxygen atoms in total. The van der Waals surface area contributed by atoms with Gasteiger partial charge in [-0.3, -0.25) is 0 Å². The Morgan fingerprint density at radius 1 is 0.900 bits per heavy atom. The monoisotopic (exact) mass is 520 g/mol. The third kappa shape index (κ3) is 5.88. The summed E-state index contributed by atoms with van der Waals surface area (Å²) in [6.07, 6.45) is 0.930. The van der Waals surface area contributed by atoms with E-state index < -0.39 is 8.80 Å². The number of hydrogen-bond acceptors (Lipinski definition) is 3. The van der Waals surface area contributed by atoms with Crippen LogP contribution >= 0.6 is 45.2 Å². The minimum atomic E-state index is -2.51. The fourth-order valence-corrected chi connectivity index (χ4v) is 5.51. The summed E-state index contributed by atoms with van der Waals surface area (Å²) in [5, 5.41) is 0. The maximum absolute atomic E-state index is 5.88. The molecule has 0 bridgehead atoms. The zero-order chi connectivity index (χ0) is 15.0. The van der Waals surface area contributed by atoms with E-state index in [1.54, 1.807) is 0 Å². The molecule has 0 atom stereocenters. The summed E-state index contributed by atoms with van der Waals surface area (Å²) in [5.41, 5.74) is 1.31. The molecule has 0 aliphatic heterocycles. The van der Waals surface area contributed by atoms with E-state index in [9.17, 15) is 0 Å². The van der Waals surface area contributed by atoms with Gasteiger partial charge in [0, 0.05) is 33.0 Å². The Labute approximate surface area is 150 Å². The molecule has 114 valence electrons. The molecule has 0 aromatic heterocycles. The second-order valence-corrected chi connectivity index (χ2v) is 9.29. The minimum Gasteiger partial charge on any atom is -0.374 e. The van der Waals surface area contributed by atoms with Gasteiger partial charge in [-0.15, -0.1) is 0 Å². The van der Waals surface area contributed by atoms with E-state index in [1.807, 2.05) is 20.8 Å². The van der Waals surface area contributed by atoms with Crippen molar-refractivity contribution in [1.82, 2.24) is 0 Å². The summed E-state index contributed by atoms with van der Waals surface area (Å²) in [6, 6.07) is 7.39. The van der Waals surface area contributed by atoms with E-state index in [0.717, 1.165) is 12.5 Å². The normalized spacial score (nSPS) is 11.8. The lowest BCUT2D eigenvalue weighted by molar-refractivity contribution is 0.0714. The summed E-state index contributed by atoms with van der Waals surface area (Å²) in [7, 11) is -2.51. The van der Waals surface area contributed by atoms with Crippen LogP contribution in [-0.4, -0.2) is 28.6 Å². The van der Waals surface area contributed by atoms with E-state index in [1.165, 1.54) is 12.7 Å². The van der Waals surface area contributed by atoms with Crippen LogP contribution in [0, 0.1) is 7.14 Å². The number of aryl methyl sites for hydroxylation is 1. The van der Waals surface area contributed by atoms with E-state index in [2.05, 4.69) is 63.4 Å². The molecule has 0 amide bonds. The molecule has 20 heavy (non-hydrogen) atoms. The Bertz CT molecular complexity index is 398. The predicted molar refractivity (Wildman–Crippen MR) is 101 cm³/mol. The lowest BCUT2D eigenvalue weighted by atomic mass is 10.2. The summed E-state index contributed by atoms with van der Waals surface area (Å²) in [4.78, 5) is 0. The van der Waals surface area contributed by atoms with Crippen molar-refractivity contribution in [2.24, 2.45) is 0 Å². The van der Waals surface area contributed by atoms with Crippen LogP contribution in [0.25, 0.3) is 0 Å². The van der Waals surface area contributed by atoms with Crippen LogP contribution in [0.15, 0.2) is 18.2 Å². The van der Waals surface area contributed by atoms with Crippen molar-refractivity contribution in [1.29, 1.82) is 0 Å². The molecule has 6 heteroatoms. The summed E-state index contributed by atoms with van der Waals surface area (Å²) < 4.78 is 20.2. The molecule has 0 saturated heterocycles. The molecule has 0 aliphatic rings. The predicted octanol–water partition coefficient (Wildman–Crippen LogP) is 4.49. The first-order valence-electron chi connectivity index (χ1n) is 6.92. The van der Waals surface area contributed by atoms with Gasteiger partial charge in [-0.2, -0.15) is 0 Å². The first-order chi connectivity index (χ1) is 9.56. The fourth-order valence-electron chi connectivity index (χ4n) is 1.99. The summed E-state index contributed by atoms with van der Waals surface area (Å²) in [6.45, 7) is 7.89. The highest BCUT2D eigenvalue weighted by atomic mass is 127. The Balaban J connectivity index is 2.75. The molecule has 0 unspecified atom stereocenters. The molecule has 1 aromatic carbocycles. The van der Waals surface area contributed by atoms with Gasteiger partial charge in [0.05, 0.1) is 0 Å². The average molecular weight is 520 g/mol. The Hall–Kier alpha value is 0.777. The largest absolute Gasteiger partial charge is 0.501 e. The molecule has 0 heterocycles. The van der Waals surface area contributed by atoms with E-state index in [-0.39, 0.29) is 0 Å². The third-order valence-corrected chi connectivity index (χ3v) is 8.71. The second-order valence-electron chi connectivity index (χ2n) is 4.23. The van der Waals surface area contributed by atoms with Gasteiger partial charge in [-0.1, -0.05) is 6.07 Å². The SMILES string of the molecule is CCO[Si](CCc1ccc(I)c(I)c1)(OCC)OCC. The molecule has 0 fully saturated rings. The highest BCUT2D eigenvalue weighted by molar-refractivity contribution is 14.1. The van der Waals surface area contributed by atoms with Gasteiger partial charge in [0.15, 0.2) is 0 Å². The zero-order valence-corrected chi connectivity index (χ0v) is 17.6. The van der Waals surface area contributed by atoms with Crippen LogP contribution in [0.5, 0.6) is 0 Å². The molecule has 0 spiro atoms. The molecule has 0 saturated carbocycles. The molecule has 1 rings (SSSR count). The van der Waals surface area contributed by atoms with Crippen LogP contribution in [0.1, 0.15) is 26.3 Å².